The van der Waals surface area contributed by atoms with Gasteiger partial charge in [-0.05, 0) is 37.3 Å². The molecule has 2 aromatic rings. The van der Waals surface area contributed by atoms with Gasteiger partial charge in [0, 0.05) is 19.2 Å². The molecule has 7 heteroatoms. The molecule has 0 saturated carbocycles. The lowest BCUT2D eigenvalue weighted by Gasteiger charge is -2.20. The van der Waals surface area contributed by atoms with Crippen LogP contribution in [0.3, 0.4) is 0 Å². The molecule has 0 spiro atoms. The number of allylic oxidation sites excluding steroid dienone is 3. The van der Waals surface area contributed by atoms with E-state index in [4.69, 9.17) is 4.74 Å². The number of hydrogen-bond donors (Lipinski definition) is 1. The second-order valence-corrected chi connectivity index (χ2v) is 7.97. The quantitative estimate of drug-likeness (QED) is 0.481. The molecule has 6 nitrogen and oxygen atoms in total. The van der Waals surface area contributed by atoms with Gasteiger partial charge in [0.1, 0.15) is 5.75 Å². The predicted molar refractivity (Wildman–Crippen MR) is 116 cm³/mol. The summed E-state index contributed by atoms with van der Waals surface area (Å²) in [7, 11) is -3.67. The van der Waals surface area contributed by atoms with Crippen LogP contribution in [-0.2, 0) is 14.8 Å². The first-order valence-electron chi connectivity index (χ1n) is 9.39. The number of anilines is 1. The van der Waals surface area contributed by atoms with Gasteiger partial charge in [0.15, 0.2) is 5.75 Å². The summed E-state index contributed by atoms with van der Waals surface area (Å²) in [6.07, 6.45) is 6.48. The van der Waals surface area contributed by atoms with E-state index in [0.717, 1.165) is 0 Å². The largest absolute Gasteiger partial charge is 0.455 e. The van der Waals surface area contributed by atoms with Crippen molar-refractivity contribution in [2.45, 2.75) is 25.7 Å². The zero-order chi connectivity index (χ0) is 21.3. The SMILES string of the molecule is C/C=C/C=C/C(=O)Nc1cc(S(=O)(=O)N(CC)CC)ccc1Oc1ccccc1. The topological polar surface area (TPSA) is 75.7 Å². The Morgan fingerprint density at radius 3 is 2.38 bits per heavy atom. The molecule has 0 radical (unpaired) electrons. The van der Waals surface area contributed by atoms with Crippen molar-refractivity contribution >= 4 is 21.6 Å². The molecule has 154 valence electrons. The van der Waals surface area contributed by atoms with Gasteiger partial charge in [-0.25, -0.2) is 8.42 Å². The van der Waals surface area contributed by atoms with Gasteiger partial charge in [0.2, 0.25) is 15.9 Å². The third kappa shape index (κ3) is 6.04. The number of rotatable bonds is 9. The smallest absolute Gasteiger partial charge is 0.248 e. The van der Waals surface area contributed by atoms with E-state index in [1.807, 2.05) is 25.1 Å². The molecule has 0 unspecified atom stereocenters. The zero-order valence-corrected chi connectivity index (χ0v) is 17.6. The highest BCUT2D eigenvalue weighted by Crippen LogP contribution is 2.32. The van der Waals surface area contributed by atoms with Crippen LogP contribution in [0.2, 0.25) is 0 Å². The van der Waals surface area contributed by atoms with Crippen LogP contribution in [0.5, 0.6) is 11.5 Å². The molecule has 0 aliphatic rings. The van der Waals surface area contributed by atoms with Gasteiger partial charge in [0.25, 0.3) is 0 Å². The number of nitrogens with one attached hydrogen (secondary N) is 1. The summed E-state index contributed by atoms with van der Waals surface area (Å²) in [6.45, 7) is 6.12. The van der Waals surface area contributed by atoms with Crippen molar-refractivity contribution in [2.75, 3.05) is 18.4 Å². The molecule has 0 aromatic heterocycles. The second-order valence-electron chi connectivity index (χ2n) is 6.04. The average Bonchev–Trinajstić information content (AvgIpc) is 2.71. The van der Waals surface area contributed by atoms with Gasteiger partial charge in [-0.2, -0.15) is 4.31 Å². The minimum atomic E-state index is -3.67. The number of amides is 1. The van der Waals surface area contributed by atoms with Gasteiger partial charge in [-0.3, -0.25) is 4.79 Å². The number of benzene rings is 2. The molecule has 1 N–H and O–H groups in total. The van der Waals surface area contributed by atoms with Crippen LogP contribution in [-0.4, -0.2) is 31.7 Å². The third-order valence-electron chi connectivity index (χ3n) is 4.07. The van der Waals surface area contributed by atoms with E-state index in [1.165, 1.54) is 22.5 Å². The highest BCUT2D eigenvalue weighted by molar-refractivity contribution is 7.89. The Morgan fingerprint density at radius 2 is 1.76 bits per heavy atom. The number of sulfonamides is 1. The van der Waals surface area contributed by atoms with Crippen molar-refractivity contribution in [3.63, 3.8) is 0 Å². The van der Waals surface area contributed by atoms with E-state index in [-0.39, 0.29) is 10.6 Å². The third-order valence-corrected chi connectivity index (χ3v) is 6.12. The fourth-order valence-corrected chi connectivity index (χ4v) is 4.10. The summed E-state index contributed by atoms with van der Waals surface area (Å²) in [5, 5.41) is 2.71. The Morgan fingerprint density at radius 1 is 1.07 bits per heavy atom. The highest BCUT2D eigenvalue weighted by atomic mass is 32.2. The van der Waals surface area contributed by atoms with E-state index in [9.17, 15) is 13.2 Å². The van der Waals surface area contributed by atoms with Crippen LogP contribution in [0.4, 0.5) is 5.69 Å². The van der Waals surface area contributed by atoms with Crippen LogP contribution < -0.4 is 10.1 Å². The Kier molecular flexibility index (Phi) is 8.18. The first kappa shape index (κ1) is 22.4. The molecule has 0 fully saturated rings. The van der Waals surface area contributed by atoms with Gasteiger partial charge in [0.05, 0.1) is 10.6 Å². The Balaban J connectivity index is 2.44. The van der Waals surface area contributed by atoms with Crippen molar-refractivity contribution in [3.8, 4) is 11.5 Å². The fraction of sp³-hybridized carbons (Fsp3) is 0.227. The first-order valence-corrected chi connectivity index (χ1v) is 10.8. The molecular formula is C22H26N2O4S. The number of nitrogens with zero attached hydrogens (tertiary/aromatic N) is 1. The maximum atomic E-state index is 12.9. The van der Waals surface area contributed by atoms with Gasteiger partial charge < -0.3 is 10.1 Å². The number of carbonyl (C=O) groups is 1. The van der Waals surface area contributed by atoms with Gasteiger partial charge in [-0.15, -0.1) is 0 Å². The lowest BCUT2D eigenvalue weighted by Crippen LogP contribution is -2.30. The van der Waals surface area contributed by atoms with Crippen LogP contribution in [0, 0.1) is 0 Å². The number of carbonyl (C=O) groups excluding carboxylic acids is 1. The van der Waals surface area contributed by atoms with Gasteiger partial charge in [-0.1, -0.05) is 50.3 Å². The lowest BCUT2D eigenvalue weighted by atomic mass is 10.2. The summed E-state index contributed by atoms with van der Waals surface area (Å²) in [5.41, 5.74) is 0.275. The van der Waals surface area contributed by atoms with Crippen molar-refractivity contribution in [3.05, 3.63) is 72.8 Å². The second kappa shape index (κ2) is 10.6. The molecule has 0 aliphatic heterocycles. The van der Waals surface area contributed by atoms with E-state index >= 15 is 0 Å². The molecule has 2 rings (SSSR count). The average molecular weight is 415 g/mol. The summed E-state index contributed by atoms with van der Waals surface area (Å²) in [5.74, 6) is 0.535. The van der Waals surface area contributed by atoms with E-state index in [1.54, 1.807) is 50.3 Å². The maximum Gasteiger partial charge on any atom is 0.248 e. The van der Waals surface area contributed by atoms with Crippen molar-refractivity contribution < 1.29 is 17.9 Å². The molecule has 0 atom stereocenters. The number of hydrogen-bond acceptors (Lipinski definition) is 4. The first-order chi connectivity index (χ1) is 13.9. The monoisotopic (exact) mass is 414 g/mol. The van der Waals surface area contributed by atoms with E-state index < -0.39 is 15.9 Å². The Labute approximate surface area is 172 Å². The summed E-state index contributed by atoms with van der Waals surface area (Å²) in [6, 6.07) is 13.5. The van der Waals surface area contributed by atoms with Crippen LogP contribution in [0.1, 0.15) is 20.8 Å². The maximum absolute atomic E-state index is 12.9. The molecule has 1 amide bonds. The fourth-order valence-electron chi connectivity index (χ4n) is 2.61. The van der Waals surface area contributed by atoms with E-state index in [0.29, 0.717) is 24.6 Å². The Hall–Kier alpha value is -2.90. The number of ether oxygens (including phenoxy) is 1. The number of para-hydroxylation sites is 1. The minimum Gasteiger partial charge on any atom is -0.455 e. The summed E-state index contributed by atoms with van der Waals surface area (Å²) >= 11 is 0. The standard InChI is InChI=1S/C22H26N2O4S/c1-4-7-9-14-22(25)23-20-17-19(29(26,27)24(5-2)6-3)15-16-21(20)28-18-12-10-8-11-13-18/h4,7-17H,5-6H2,1-3H3,(H,23,25)/b7-4+,14-9+. The van der Waals surface area contributed by atoms with E-state index in [2.05, 4.69) is 5.32 Å². The van der Waals surface area contributed by atoms with Crippen molar-refractivity contribution in [2.24, 2.45) is 0 Å². The van der Waals surface area contributed by atoms with Crippen molar-refractivity contribution in [1.82, 2.24) is 4.31 Å². The normalized spacial score (nSPS) is 12.0. The molecule has 0 aliphatic carbocycles. The van der Waals surface area contributed by atoms with Crippen LogP contribution in [0.15, 0.2) is 77.7 Å². The molecule has 2 aromatic carbocycles. The molecule has 0 heterocycles. The molecule has 0 bridgehead atoms. The van der Waals surface area contributed by atoms with Crippen LogP contribution >= 0.6 is 0 Å². The Bertz CT molecular complexity index is 979. The lowest BCUT2D eigenvalue weighted by molar-refractivity contribution is -0.111. The zero-order valence-electron chi connectivity index (χ0n) is 16.8. The highest BCUT2D eigenvalue weighted by Gasteiger charge is 2.23. The summed E-state index contributed by atoms with van der Waals surface area (Å²) in [4.78, 5) is 12.3. The van der Waals surface area contributed by atoms with Crippen molar-refractivity contribution in [1.29, 1.82) is 0 Å². The molecule has 0 saturated heterocycles. The van der Waals surface area contributed by atoms with Crippen LogP contribution in [0.25, 0.3) is 0 Å². The molecule has 29 heavy (non-hydrogen) atoms. The predicted octanol–water partition coefficient (Wildman–Crippen LogP) is 4.58. The molecular weight excluding hydrogens is 388 g/mol. The summed E-state index contributed by atoms with van der Waals surface area (Å²) < 4.78 is 32.9. The minimum absolute atomic E-state index is 0.0920. The van der Waals surface area contributed by atoms with Gasteiger partial charge >= 0.3 is 0 Å².